The van der Waals surface area contributed by atoms with Crippen molar-refractivity contribution in [2.75, 3.05) is 0 Å². The molecule has 3 atom stereocenters. The van der Waals surface area contributed by atoms with Crippen molar-refractivity contribution in [3.63, 3.8) is 0 Å². The van der Waals surface area contributed by atoms with Gasteiger partial charge in [0.1, 0.15) is 11.3 Å². The van der Waals surface area contributed by atoms with Crippen molar-refractivity contribution >= 4 is 22.8 Å². The van der Waals surface area contributed by atoms with E-state index in [2.05, 4.69) is 21.5 Å². The molecule has 0 aromatic carbocycles. The lowest BCUT2D eigenvalue weighted by Gasteiger charge is -2.17. The highest BCUT2D eigenvalue weighted by Gasteiger charge is 2.28. The van der Waals surface area contributed by atoms with E-state index in [1.807, 2.05) is 25.3 Å². The number of pyridine rings is 1. The van der Waals surface area contributed by atoms with Crippen LogP contribution < -0.4 is 0 Å². The van der Waals surface area contributed by atoms with E-state index in [0.29, 0.717) is 6.04 Å². The second-order valence-electron chi connectivity index (χ2n) is 5.37. The second-order valence-corrected chi connectivity index (χ2v) is 6.03. The predicted molar refractivity (Wildman–Crippen MR) is 73.8 cm³/mol. The Hall–Kier alpha value is -1.09. The normalized spacial score (nSPS) is 25.7. The SMILES string of the molecule is CC1CCC(n2c(C(C)Cl)nc3cccnc32)C1. The van der Waals surface area contributed by atoms with Gasteiger partial charge in [0, 0.05) is 12.2 Å². The predicted octanol–water partition coefficient (Wildman–Crippen LogP) is 4.09. The zero-order chi connectivity index (χ0) is 12.7. The van der Waals surface area contributed by atoms with Gasteiger partial charge in [-0.05, 0) is 44.2 Å². The Morgan fingerprint density at radius 1 is 1.44 bits per heavy atom. The number of rotatable bonds is 2. The van der Waals surface area contributed by atoms with Crippen molar-refractivity contribution in [2.45, 2.75) is 44.5 Å². The lowest BCUT2D eigenvalue weighted by molar-refractivity contribution is 0.485. The van der Waals surface area contributed by atoms with Gasteiger partial charge in [-0.2, -0.15) is 0 Å². The first-order valence-electron chi connectivity index (χ1n) is 6.63. The molecular formula is C14H18ClN3. The Balaban J connectivity index is 2.15. The molecule has 2 aromatic rings. The van der Waals surface area contributed by atoms with Crippen LogP contribution in [-0.2, 0) is 0 Å². The first-order valence-corrected chi connectivity index (χ1v) is 7.07. The molecule has 0 amide bonds. The van der Waals surface area contributed by atoms with Crippen LogP contribution in [0.2, 0.25) is 0 Å². The molecule has 1 saturated carbocycles. The van der Waals surface area contributed by atoms with Gasteiger partial charge in [0.25, 0.3) is 0 Å². The minimum absolute atomic E-state index is 0.0740. The lowest BCUT2D eigenvalue weighted by Crippen LogP contribution is -2.10. The van der Waals surface area contributed by atoms with E-state index in [1.165, 1.54) is 19.3 Å². The average molecular weight is 264 g/mol. The van der Waals surface area contributed by atoms with Crippen molar-refractivity contribution in [2.24, 2.45) is 5.92 Å². The highest BCUT2D eigenvalue weighted by Crippen LogP contribution is 2.38. The van der Waals surface area contributed by atoms with Gasteiger partial charge in [0.15, 0.2) is 5.65 Å². The number of imidazole rings is 1. The summed E-state index contributed by atoms with van der Waals surface area (Å²) in [5.41, 5.74) is 1.94. The van der Waals surface area contributed by atoms with Gasteiger partial charge in [0.2, 0.25) is 0 Å². The van der Waals surface area contributed by atoms with Crippen molar-refractivity contribution < 1.29 is 0 Å². The van der Waals surface area contributed by atoms with Crippen molar-refractivity contribution in [3.8, 4) is 0 Å². The van der Waals surface area contributed by atoms with Crippen LogP contribution in [0.3, 0.4) is 0 Å². The average Bonchev–Trinajstić information content (AvgIpc) is 2.92. The molecule has 2 heterocycles. The molecule has 18 heavy (non-hydrogen) atoms. The molecular weight excluding hydrogens is 246 g/mol. The van der Waals surface area contributed by atoms with Gasteiger partial charge in [-0.25, -0.2) is 9.97 Å². The fourth-order valence-electron chi connectivity index (χ4n) is 3.00. The Morgan fingerprint density at radius 2 is 2.28 bits per heavy atom. The molecule has 2 aromatic heterocycles. The summed E-state index contributed by atoms with van der Waals surface area (Å²) in [5.74, 6) is 1.75. The van der Waals surface area contributed by atoms with Crippen LogP contribution in [0.5, 0.6) is 0 Å². The first-order chi connectivity index (χ1) is 8.66. The van der Waals surface area contributed by atoms with Gasteiger partial charge >= 0.3 is 0 Å². The molecule has 3 rings (SSSR count). The van der Waals surface area contributed by atoms with Crippen molar-refractivity contribution in [1.82, 2.24) is 14.5 Å². The summed E-state index contributed by atoms with van der Waals surface area (Å²) in [6.45, 7) is 4.30. The van der Waals surface area contributed by atoms with E-state index in [0.717, 1.165) is 22.9 Å². The molecule has 1 aliphatic carbocycles. The number of aromatic nitrogens is 3. The molecule has 0 bridgehead atoms. The van der Waals surface area contributed by atoms with Crippen molar-refractivity contribution in [3.05, 3.63) is 24.2 Å². The maximum atomic E-state index is 6.28. The van der Waals surface area contributed by atoms with Gasteiger partial charge in [-0.1, -0.05) is 6.92 Å². The molecule has 96 valence electrons. The van der Waals surface area contributed by atoms with Gasteiger partial charge in [-0.15, -0.1) is 11.6 Å². The molecule has 4 heteroatoms. The largest absolute Gasteiger partial charge is 0.308 e. The monoisotopic (exact) mass is 263 g/mol. The molecule has 0 aliphatic heterocycles. The molecule has 3 unspecified atom stereocenters. The van der Waals surface area contributed by atoms with Crippen LogP contribution in [0.15, 0.2) is 18.3 Å². The summed E-state index contributed by atoms with van der Waals surface area (Å²) in [7, 11) is 0. The Labute approximate surface area is 112 Å². The Kier molecular flexibility index (Phi) is 3.02. The third-order valence-electron chi connectivity index (χ3n) is 3.86. The topological polar surface area (TPSA) is 30.7 Å². The standard InChI is InChI=1S/C14H18ClN3/c1-9-5-6-11(8-9)18-13(10(2)15)17-12-4-3-7-16-14(12)18/h3-4,7,9-11H,5-6,8H2,1-2H3. The Morgan fingerprint density at radius 3 is 2.94 bits per heavy atom. The number of hydrogen-bond donors (Lipinski definition) is 0. The lowest BCUT2D eigenvalue weighted by atomic mass is 10.1. The number of hydrogen-bond acceptors (Lipinski definition) is 2. The zero-order valence-corrected chi connectivity index (χ0v) is 11.6. The number of nitrogens with zero attached hydrogens (tertiary/aromatic N) is 3. The van der Waals surface area contributed by atoms with E-state index in [9.17, 15) is 0 Å². The molecule has 0 N–H and O–H groups in total. The summed E-state index contributed by atoms with van der Waals surface area (Å²) in [6, 6.07) is 4.45. The van der Waals surface area contributed by atoms with E-state index in [4.69, 9.17) is 11.6 Å². The maximum Gasteiger partial charge on any atom is 0.160 e. The van der Waals surface area contributed by atoms with Crippen LogP contribution in [0, 0.1) is 5.92 Å². The number of fused-ring (bicyclic) bond motifs is 1. The summed E-state index contributed by atoms with van der Waals surface area (Å²) >= 11 is 6.28. The summed E-state index contributed by atoms with van der Waals surface area (Å²) < 4.78 is 2.27. The number of halogens is 1. The third kappa shape index (κ3) is 1.91. The van der Waals surface area contributed by atoms with Gasteiger partial charge in [-0.3, -0.25) is 0 Å². The minimum atomic E-state index is -0.0740. The van der Waals surface area contributed by atoms with E-state index < -0.39 is 0 Å². The zero-order valence-electron chi connectivity index (χ0n) is 10.8. The van der Waals surface area contributed by atoms with Crippen LogP contribution in [0.25, 0.3) is 11.2 Å². The minimum Gasteiger partial charge on any atom is -0.308 e. The second kappa shape index (κ2) is 4.54. The highest BCUT2D eigenvalue weighted by molar-refractivity contribution is 6.20. The molecule has 0 spiro atoms. The van der Waals surface area contributed by atoms with Crippen LogP contribution in [0.1, 0.15) is 50.4 Å². The van der Waals surface area contributed by atoms with Gasteiger partial charge in [0.05, 0.1) is 5.38 Å². The smallest absolute Gasteiger partial charge is 0.160 e. The van der Waals surface area contributed by atoms with Crippen LogP contribution in [-0.4, -0.2) is 14.5 Å². The molecule has 0 radical (unpaired) electrons. The summed E-state index contributed by atoms with van der Waals surface area (Å²) in [5, 5.41) is -0.0740. The molecule has 1 fully saturated rings. The summed E-state index contributed by atoms with van der Waals surface area (Å²) in [6.07, 6.45) is 5.54. The van der Waals surface area contributed by atoms with Crippen LogP contribution in [0.4, 0.5) is 0 Å². The molecule has 0 saturated heterocycles. The Bertz CT molecular complexity index is 561. The summed E-state index contributed by atoms with van der Waals surface area (Å²) in [4.78, 5) is 9.15. The van der Waals surface area contributed by atoms with E-state index in [-0.39, 0.29) is 5.38 Å². The van der Waals surface area contributed by atoms with E-state index >= 15 is 0 Å². The molecule has 1 aliphatic rings. The fraction of sp³-hybridized carbons (Fsp3) is 0.571. The maximum absolute atomic E-state index is 6.28. The van der Waals surface area contributed by atoms with Gasteiger partial charge < -0.3 is 4.57 Å². The number of alkyl halides is 1. The third-order valence-corrected chi connectivity index (χ3v) is 4.06. The van der Waals surface area contributed by atoms with E-state index in [1.54, 1.807) is 0 Å². The highest BCUT2D eigenvalue weighted by atomic mass is 35.5. The fourth-order valence-corrected chi connectivity index (χ4v) is 3.15. The first kappa shape index (κ1) is 12.0. The quantitative estimate of drug-likeness (QED) is 0.764. The van der Waals surface area contributed by atoms with Crippen molar-refractivity contribution in [1.29, 1.82) is 0 Å². The van der Waals surface area contributed by atoms with Crippen LogP contribution >= 0.6 is 11.6 Å². The molecule has 3 nitrogen and oxygen atoms in total.